The molecule has 2 aromatic rings. The molecule has 1 atom stereocenters. The minimum absolute atomic E-state index is 0.0846. The minimum Gasteiger partial charge on any atom is -0.385 e. The fraction of sp³-hybridized carbons (Fsp3) is 0.476. The van der Waals surface area contributed by atoms with Gasteiger partial charge in [0.2, 0.25) is 5.95 Å². The van der Waals surface area contributed by atoms with Gasteiger partial charge in [-0.1, -0.05) is 12.1 Å². The normalized spacial score (nSPS) is 18.8. The summed E-state index contributed by atoms with van der Waals surface area (Å²) in [6.45, 7) is 3.51. The van der Waals surface area contributed by atoms with Gasteiger partial charge in [0.15, 0.2) is 5.82 Å². The largest absolute Gasteiger partial charge is 0.385 e. The minimum atomic E-state index is -0.0846. The van der Waals surface area contributed by atoms with Crippen LogP contribution in [0.25, 0.3) is 0 Å². The highest BCUT2D eigenvalue weighted by Gasteiger charge is 2.32. The Morgan fingerprint density at radius 1 is 1.34 bits per heavy atom. The van der Waals surface area contributed by atoms with Gasteiger partial charge in [0.25, 0.3) is 0 Å². The van der Waals surface area contributed by atoms with Crippen LogP contribution in [0.3, 0.4) is 0 Å². The van der Waals surface area contributed by atoms with Gasteiger partial charge in [-0.15, -0.1) is 0 Å². The summed E-state index contributed by atoms with van der Waals surface area (Å²) in [6.07, 6.45) is 4.79. The predicted molar refractivity (Wildman–Crippen MR) is 113 cm³/mol. The molecule has 1 aromatic heterocycles. The summed E-state index contributed by atoms with van der Waals surface area (Å²) < 4.78 is 5.25. The van der Waals surface area contributed by atoms with Crippen LogP contribution in [-0.4, -0.2) is 49.4 Å². The van der Waals surface area contributed by atoms with E-state index in [0.29, 0.717) is 24.2 Å². The van der Waals surface area contributed by atoms with E-state index < -0.39 is 0 Å². The molecular weight excluding hydrogens is 366 g/mol. The first-order chi connectivity index (χ1) is 14.3. The second-order valence-corrected chi connectivity index (χ2v) is 7.42. The van der Waals surface area contributed by atoms with Crippen molar-refractivity contribution in [3.8, 4) is 6.07 Å². The highest BCUT2D eigenvalue weighted by Crippen LogP contribution is 2.40. The fourth-order valence-corrected chi connectivity index (χ4v) is 3.92. The molecule has 4 rings (SSSR count). The molecule has 0 radical (unpaired) electrons. The van der Waals surface area contributed by atoms with Crippen LogP contribution >= 0.6 is 0 Å². The fourth-order valence-electron chi connectivity index (χ4n) is 3.92. The van der Waals surface area contributed by atoms with Gasteiger partial charge >= 0.3 is 0 Å². The number of piperidine rings is 1. The Hall–Kier alpha value is -2.89. The van der Waals surface area contributed by atoms with Gasteiger partial charge < -0.3 is 25.6 Å². The van der Waals surface area contributed by atoms with Crippen LogP contribution in [0.2, 0.25) is 0 Å². The summed E-state index contributed by atoms with van der Waals surface area (Å²) >= 11 is 0. The van der Waals surface area contributed by atoms with Crippen molar-refractivity contribution in [1.82, 2.24) is 15.3 Å². The Bertz CT molecular complexity index is 876. The van der Waals surface area contributed by atoms with E-state index in [-0.39, 0.29) is 6.17 Å². The third-order valence-corrected chi connectivity index (χ3v) is 5.40. The molecule has 0 bridgehead atoms. The van der Waals surface area contributed by atoms with Crippen molar-refractivity contribution < 1.29 is 4.74 Å². The lowest BCUT2D eigenvalue weighted by Crippen LogP contribution is -2.35. The maximum atomic E-state index is 9.27. The lowest BCUT2D eigenvalue weighted by atomic mass is 10.1. The lowest BCUT2D eigenvalue weighted by molar-refractivity contribution is 0.195. The summed E-state index contributed by atoms with van der Waals surface area (Å²) in [5.41, 5.74) is 2.59. The molecule has 8 heteroatoms. The van der Waals surface area contributed by atoms with Gasteiger partial charge in [0.1, 0.15) is 6.17 Å². The van der Waals surface area contributed by atoms with Gasteiger partial charge in [-0.25, -0.2) is 4.98 Å². The van der Waals surface area contributed by atoms with Gasteiger partial charge in [-0.2, -0.15) is 10.2 Å². The molecule has 1 fully saturated rings. The number of hydrogen-bond donors (Lipinski definition) is 3. The molecule has 8 nitrogen and oxygen atoms in total. The van der Waals surface area contributed by atoms with Gasteiger partial charge in [0.05, 0.1) is 23.5 Å². The van der Waals surface area contributed by atoms with Crippen molar-refractivity contribution >= 4 is 17.5 Å². The summed E-state index contributed by atoms with van der Waals surface area (Å²) in [7, 11) is 1.72. The molecule has 0 amide bonds. The lowest BCUT2D eigenvalue weighted by Gasteiger charge is -2.27. The summed E-state index contributed by atoms with van der Waals surface area (Å²) in [5, 5.41) is 19.7. The Balaban J connectivity index is 1.59. The molecule has 29 heavy (non-hydrogen) atoms. The van der Waals surface area contributed by atoms with Crippen LogP contribution < -0.4 is 20.9 Å². The number of aromatic nitrogens is 2. The molecule has 3 N–H and O–H groups in total. The van der Waals surface area contributed by atoms with E-state index >= 15 is 0 Å². The van der Waals surface area contributed by atoms with E-state index in [1.54, 1.807) is 7.11 Å². The monoisotopic (exact) mass is 393 g/mol. The summed E-state index contributed by atoms with van der Waals surface area (Å²) in [4.78, 5) is 11.6. The Morgan fingerprint density at radius 2 is 2.21 bits per heavy atom. The number of nitrogens with zero attached hydrogens (tertiary/aromatic N) is 4. The van der Waals surface area contributed by atoms with Crippen molar-refractivity contribution in [3.05, 3.63) is 41.6 Å². The van der Waals surface area contributed by atoms with E-state index in [9.17, 15) is 5.26 Å². The molecule has 0 saturated carbocycles. The van der Waals surface area contributed by atoms with E-state index in [0.717, 1.165) is 56.0 Å². The first kappa shape index (κ1) is 19.4. The van der Waals surface area contributed by atoms with E-state index in [1.807, 2.05) is 30.5 Å². The summed E-state index contributed by atoms with van der Waals surface area (Å²) in [6, 6.07) is 10.3. The number of ether oxygens (including phenoxy) is 1. The molecule has 2 aliphatic rings. The number of rotatable bonds is 7. The van der Waals surface area contributed by atoms with Crippen molar-refractivity contribution in [2.75, 3.05) is 48.9 Å². The average molecular weight is 393 g/mol. The molecule has 3 heterocycles. The maximum absolute atomic E-state index is 9.27. The highest BCUT2D eigenvalue weighted by atomic mass is 16.5. The number of benzene rings is 1. The zero-order valence-electron chi connectivity index (χ0n) is 16.7. The number of anilines is 3. The number of fused-ring (bicyclic) bond motifs is 1. The second kappa shape index (κ2) is 9.07. The first-order valence-electron chi connectivity index (χ1n) is 10.1. The molecular formula is C21H27N7O. The Morgan fingerprint density at radius 3 is 3.00 bits per heavy atom. The highest BCUT2D eigenvalue weighted by molar-refractivity contribution is 5.73. The van der Waals surface area contributed by atoms with Crippen molar-refractivity contribution in [3.63, 3.8) is 0 Å². The van der Waals surface area contributed by atoms with Crippen LogP contribution in [-0.2, 0) is 4.74 Å². The number of methoxy groups -OCH3 is 1. The van der Waals surface area contributed by atoms with Crippen molar-refractivity contribution in [2.24, 2.45) is 0 Å². The number of nitrogens with one attached hydrogen (secondary N) is 3. The predicted octanol–water partition coefficient (Wildman–Crippen LogP) is 2.48. The molecule has 152 valence electrons. The van der Waals surface area contributed by atoms with E-state index in [2.05, 4.69) is 31.9 Å². The first-order valence-corrected chi connectivity index (χ1v) is 10.1. The van der Waals surface area contributed by atoms with Gasteiger partial charge in [-0.05, 0) is 50.0 Å². The maximum Gasteiger partial charge on any atom is 0.224 e. The SMILES string of the molecule is COCCCN1c2nc(NC3CCNCC3)ncc2NC1c1cccc(C#N)c1. The topological polar surface area (TPSA) is 98.1 Å². The van der Waals surface area contributed by atoms with Crippen molar-refractivity contribution in [1.29, 1.82) is 5.26 Å². The second-order valence-electron chi connectivity index (χ2n) is 7.42. The molecule has 1 unspecified atom stereocenters. The quantitative estimate of drug-likeness (QED) is 0.617. The standard InChI is InChI=1S/C21H27N7O/c1-29-11-3-10-28-19(16-5-2-4-15(12-16)13-22)26-18-14-24-21(27-20(18)28)25-17-6-8-23-9-7-17/h2,4-5,12,14,17,19,23,26H,3,6-11H2,1H3,(H,24,25,27). The average Bonchev–Trinajstić information content (AvgIpc) is 3.13. The third-order valence-electron chi connectivity index (χ3n) is 5.40. The van der Waals surface area contributed by atoms with Gasteiger partial charge in [-0.3, -0.25) is 0 Å². The van der Waals surface area contributed by atoms with Crippen LogP contribution in [0.5, 0.6) is 0 Å². The zero-order chi connectivity index (χ0) is 20.1. The van der Waals surface area contributed by atoms with E-state index in [4.69, 9.17) is 9.72 Å². The zero-order valence-corrected chi connectivity index (χ0v) is 16.7. The molecule has 1 aromatic carbocycles. The van der Waals surface area contributed by atoms with Crippen LogP contribution in [0.4, 0.5) is 17.5 Å². The number of nitriles is 1. The Labute approximate surface area is 171 Å². The van der Waals surface area contributed by atoms with Crippen molar-refractivity contribution in [2.45, 2.75) is 31.5 Å². The van der Waals surface area contributed by atoms with Crippen LogP contribution in [0.15, 0.2) is 30.5 Å². The van der Waals surface area contributed by atoms with Crippen LogP contribution in [0, 0.1) is 11.3 Å². The molecule has 0 spiro atoms. The third kappa shape index (κ3) is 4.42. The Kier molecular flexibility index (Phi) is 6.08. The molecule has 2 aliphatic heterocycles. The molecule has 1 saturated heterocycles. The molecule has 0 aliphatic carbocycles. The number of hydrogen-bond acceptors (Lipinski definition) is 8. The van der Waals surface area contributed by atoms with Gasteiger partial charge in [0, 0.05) is 26.3 Å². The van der Waals surface area contributed by atoms with E-state index in [1.165, 1.54) is 0 Å². The smallest absolute Gasteiger partial charge is 0.224 e. The summed E-state index contributed by atoms with van der Waals surface area (Å²) in [5.74, 6) is 1.56. The van der Waals surface area contributed by atoms with Crippen LogP contribution in [0.1, 0.15) is 36.6 Å².